The maximum atomic E-state index is 9.04. The maximum absolute atomic E-state index is 9.04. The number of nitrogen functional groups attached to an aromatic ring is 1. The number of aromatic nitrogens is 2. The molecule has 0 bridgehead atoms. The van der Waals surface area contributed by atoms with Gasteiger partial charge in [0.1, 0.15) is 6.20 Å². The number of aromatic amines is 1. The Kier molecular flexibility index (Phi) is 7.60. The number of nitrogens with two attached hydrogens (primary N) is 1. The lowest BCUT2D eigenvalue weighted by atomic mass is 10.7. The summed E-state index contributed by atoms with van der Waals surface area (Å²) in [6, 6.07) is 1.77. The average molecular weight is 203 g/mol. The Balaban J connectivity index is 0. The molecule has 8 heteroatoms. The molecule has 6 N–H and O–H groups in total. The molecule has 0 aliphatic rings. The monoisotopic (exact) mass is 203 g/mol. The first kappa shape index (κ1) is 14.3. The van der Waals surface area contributed by atoms with Crippen LogP contribution < -0.4 is 15.8 Å². The zero-order valence-corrected chi connectivity index (χ0v) is 6.93. The van der Waals surface area contributed by atoms with Gasteiger partial charge in [0.15, 0.2) is 5.97 Å². The molecule has 0 saturated carbocycles. The van der Waals surface area contributed by atoms with Crippen LogP contribution in [0.25, 0.3) is 0 Å². The number of aliphatic carboxylic acids is 2. The molecule has 0 aromatic carbocycles. The minimum atomic E-state index is -2.07. The van der Waals surface area contributed by atoms with E-state index in [0.29, 0.717) is 5.95 Å². The van der Waals surface area contributed by atoms with Crippen molar-refractivity contribution < 1.29 is 30.3 Å². The molecule has 8 nitrogen and oxygen atoms in total. The molecule has 0 radical (unpaired) electrons. The van der Waals surface area contributed by atoms with Crippen molar-refractivity contribution in [2.75, 3.05) is 5.73 Å². The van der Waals surface area contributed by atoms with Crippen LogP contribution in [0.3, 0.4) is 0 Å². The molecule has 0 fully saturated rings. The molecule has 1 aromatic rings. The van der Waals surface area contributed by atoms with E-state index in [1.807, 2.05) is 0 Å². The summed E-state index contributed by atoms with van der Waals surface area (Å²) in [5, 5.41) is 16.3. The fraction of sp³-hybridized carbons (Fsp3) is 0. The van der Waals surface area contributed by atoms with Gasteiger partial charge in [0.25, 0.3) is 0 Å². The van der Waals surface area contributed by atoms with E-state index in [0.717, 1.165) is 0 Å². The van der Waals surface area contributed by atoms with Crippen LogP contribution in [0.1, 0.15) is 0 Å². The molecule has 0 spiro atoms. The lowest BCUT2D eigenvalue weighted by molar-refractivity contribution is -0.364. The summed E-state index contributed by atoms with van der Waals surface area (Å²) < 4.78 is 0. The molecule has 0 amide bonds. The lowest BCUT2D eigenvalue weighted by Crippen LogP contribution is -2.30. The highest BCUT2D eigenvalue weighted by Crippen LogP contribution is 1.74. The second-order valence-electron chi connectivity index (χ2n) is 1.76. The lowest BCUT2D eigenvalue weighted by Gasteiger charge is -1.85. The number of hydrogen-bond donors (Lipinski definition) is 2. The van der Waals surface area contributed by atoms with Crippen LogP contribution in [0.4, 0.5) is 5.95 Å². The molecule has 0 aliphatic carbocycles. The second kappa shape index (κ2) is 7.43. The van der Waals surface area contributed by atoms with Crippen molar-refractivity contribution >= 4 is 17.9 Å². The van der Waals surface area contributed by atoms with Crippen molar-refractivity contribution in [3.05, 3.63) is 18.5 Å². The van der Waals surface area contributed by atoms with E-state index in [-0.39, 0.29) is 5.48 Å². The number of nitrogens with one attached hydrogen (secondary N) is 1. The number of carboxylic acids is 2. The molecule has 14 heavy (non-hydrogen) atoms. The first-order valence-corrected chi connectivity index (χ1v) is 3.06. The molecule has 0 unspecified atom stereocenters. The van der Waals surface area contributed by atoms with Gasteiger partial charge in [-0.1, -0.05) is 4.98 Å². The SMILES string of the molecule is Nc1nccc[nH+]1.O.O=C([O-])C(=O)O. The minimum Gasteiger partial charge on any atom is -0.539 e. The van der Waals surface area contributed by atoms with Crippen LogP contribution in [-0.2, 0) is 9.59 Å². The number of H-pyrrole nitrogens is 1. The van der Waals surface area contributed by atoms with Crippen molar-refractivity contribution in [2.24, 2.45) is 0 Å². The van der Waals surface area contributed by atoms with Crippen molar-refractivity contribution in [1.82, 2.24) is 4.98 Å². The molecule has 0 atom stereocenters. The van der Waals surface area contributed by atoms with Gasteiger partial charge in [0.2, 0.25) is 0 Å². The van der Waals surface area contributed by atoms with Gasteiger partial charge in [0.05, 0.1) is 6.20 Å². The van der Waals surface area contributed by atoms with Gasteiger partial charge in [-0.25, -0.2) is 9.78 Å². The number of nitrogens with zero attached hydrogens (tertiary/aromatic N) is 1. The Labute approximate surface area is 78.3 Å². The van der Waals surface area contributed by atoms with E-state index >= 15 is 0 Å². The van der Waals surface area contributed by atoms with Crippen molar-refractivity contribution in [2.45, 2.75) is 0 Å². The average Bonchev–Trinajstić information content (AvgIpc) is 2.06. The molecule has 1 rings (SSSR count). The Hall–Kier alpha value is -2.22. The summed E-state index contributed by atoms with van der Waals surface area (Å²) in [5.41, 5.74) is 5.19. The van der Waals surface area contributed by atoms with E-state index in [2.05, 4.69) is 9.97 Å². The zero-order chi connectivity index (χ0) is 10.3. The summed E-state index contributed by atoms with van der Waals surface area (Å²) in [6.07, 6.45) is 3.36. The highest BCUT2D eigenvalue weighted by Gasteiger charge is 1.90. The molecule has 0 saturated heterocycles. The van der Waals surface area contributed by atoms with Crippen LogP contribution in [0, 0.1) is 0 Å². The fourth-order valence-corrected chi connectivity index (χ4v) is 0.337. The first-order valence-electron chi connectivity index (χ1n) is 3.06. The number of carbonyl (C=O) groups excluding carboxylic acids is 1. The predicted molar refractivity (Wildman–Crippen MR) is 41.5 cm³/mol. The Morgan fingerprint density at radius 1 is 1.57 bits per heavy atom. The van der Waals surface area contributed by atoms with Crippen LogP contribution in [0.15, 0.2) is 18.5 Å². The quantitative estimate of drug-likeness (QED) is 0.415. The maximum Gasteiger partial charge on any atom is 0.386 e. The summed E-state index contributed by atoms with van der Waals surface area (Å²) in [7, 11) is 0. The molecular weight excluding hydrogens is 194 g/mol. The third-order valence-corrected chi connectivity index (χ3v) is 0.802. The topological polar surface area (TPSA) is 162 Å². The van der Waals surface area contributed by atoms with E-state index < -0.39 is 11.9 Å². The van der Waals surface area contributed by atoms with Crippen LogP contribution in [-0.4, -0.2) is 27.5 Å². The number of carboxylic acid groups (broad SMARTS) is 2. The van der Waals surface area contributed by atoms with Gasteiger partial charge in [-0.3, -0.25) is 5.73 Å². The largest absolute Gasteiger partial charge is 0.539 e. The van der Waals surface area contributed by atoms with Crippen LogP contribution in [0.5, 0.6) is 0 Å². The summed E-state index contributed by atoms with van der Waals surface area (Å²) >= 11 is 0. The summed E-state index contributed by atoms with van der Waals surface area (Å²) in [4.78, 5) is 24.4. The molecule has 0 aliphatic heterocycles. The standard InChI is InChI=1S/C4H5N3.C2H2O4.H2O/c5-4-6-2-1-3-7-4;3-1(4)2(5)6;/h1-3H,(H2,5,6,7);(H,3,4)(H,5,6);1H2. The summed E-state index contributed by atoms with van der Waals surface area (Å²) in [5.74, 6) is -3.56. The summed E-state index contributed by atoms with van der Waals surface area (Å²) in [6.45, 7) is 0. The highest BCUT2D eigenvalue weighted by atomic mass is 16.4. The van der Waals surface area contributed by atoms with Crippen LogP contribution in [0.2, 0.25) is 0 Å². The third-order valence-electron chi connectivity index (χ3n) is 0.802. The van der Waals surface area contributed by atoms with E-state index in [1.54, 1.807) is 18.5 Å². The third kappa shape index (κ3) is 7.88. The minimum absolute atomic E-state index is 0. The van der Waals surface area contributed by atoms with Crippen LogP contribution >= 0.6 is 0 Å². The number of carbonyl (C=O) groups is 2. The van der Waals surface area contributed by atoms with Gasteiger partial charge >= 0.3 is 11.9 Å². The van der Waals surface area contributed by atoms with Crippen molar-refractivity contribution in [1.29, 1.82) is 0 Å². The molecule has 1 heterocycles. The Morgan fingerprint density at radius 2 is 2.07 bits per heavy atom. The first-order chi connectivity index (χ1) is 6.04. The molecular formula is C6H9N3O5. The number of rotatable bonds is 0. The highest BCUT2D eigenvalue weighted by molar-refractivity contribution is 6.26. The van der Waals surface area contributed by atoms with Crippen molar-refractivity contribution in [3.63, 3.8) is 0 Å². The number of hydrogen-bond acceptors (Lipinski definition) is 5. The smallest absolute Gasteiger partial charge is 0.386 e. The van der Waals surface area contributed by atoms with E-state index in [1.165, 1.54) is 0 Å². The second-order valence-corrected chi connectivity index (χ2v) is 1.76. The van der Waals surface area contributed by atoms with E-state index in [4.69, 9.17) is 25.5 Å². The van der Waals surface area contributed by atoms with Gasteiger partial charge in [-0.05, 0) is 0 Å². The zero-order valence-electron chi connectivity index (χ0n) is 6.93. The Morgan fingerprint density at radius 3 is 2.21 bits per heavy atom. The molecule has 1 aromatic heterocycles. The van der Waals surface area contributed by atoms with E-state index in [9.17, 15) is 0 Å². The predicted octanol–water partition coefficient (Wildman–Crippen LogP) is -3.53. The van der Waals surface area contributed by atoms with Crippen molar-refractivity contribution in [3.8, 4) is 0 Å². The van der Waals surface area contributed by atoms with Gasteiger partial charge in [-0.2, -0.15) is 0 Å². The van der Waals surface area contributed by atoms with Gasteiger partial charge < -0.3 is 20.5 Å². The van der Waals surface area contributed by atoms with Gasteiger partial charge in [-0.15, -0.1) is 0 Å². The molecule has 78 valence electrons. The normalized spacial score (nSPS) is 7.43. The fourth-order valence-electron chi connectivity index (χ4n) is 0.337. The van der Waals surface area contributed by atoms with Gasteiger partial charge in [0, 0.05) is 6.07 Å². The number of anilines is 1. The Bertz CT molecular complexity index is 277.